The van der Waals surface area contributed by atoms with Gasteiger partial charge < -0.3 is 9.13 Å². The molecule has 13 rings (SSSR count). The smallest absolute Gasteiger partial charge is 0.309 e. The highest BCUT2D eigenvalue weighted by Crippen LogP contribution is 2.48. The Kier molecular flexibility index (Phi) is 15.0. The SMILES string of the molecule is Cc1cc(-c2ccc(-n3c4ccc(-c5cc(C)cc(C(F)(F)F)c5)cc4c4cc(-c5cc(C)cc(C(F)(F)F)c5)ccc43)c(-c3ccc(C#N)cc3-n3c4ccc(-c5cc(C)cc(C(F)(F)F)c5)cc4c4cc(-c5cc(C)cc(C(F)(F)F)c5)ccc43)c2)cc(C(F)(F)F)c1. The average Bonchev–Trinajstić information content (AvgIpc) is 1.59. The van der Waals surface area contributed by atoms with E-state index in [0.717, 1.165) is 60.7 Å². The maximum absolute atomic E-state index is 14.7. The lowest BCUT2D eigenvalue weighted by atomic mass is 9.93. The molecule has 0 aliphatic rings. The van der Waals surface area contributed by atoms with Gasteiger partial charge in [-0.15, -0.1) is 0 Å². The molecule has 0 radical (unpaired) electrons. The van der Waals surface area contributed by atoms with Gasteiger partial charge in [0.2, 0.25) is 0 Å². The van der Waals surface area contributed by atoms with Crippen LogP contribution in [0.1, 0.15) is 61.2 Å². The van der Waals surface area contributed by atoms with Gasteiger partial charge in [-0.2, -0.15) is 71.1 Å². The number of hydrogen-bond donors (Lipinski definition) is 0. The van der Waals surface area contributed by atoms with Crippen LogP contribution in [0.15, 0.2) is 200 Å². The second kappa shape index (κ2) is 22.6. The van der Waals surface area contributed by atoms with Gasteiger partial charge in [0, 0.05) is 32.7 Å². The topological polar surface area (TPSA) is 33.6 Å². The summed E-state index contributed by atoms with van der Waals surface area (Å²) in [6.07, 6.45) is -23.7. The number of aromatic nitrogens is 2. The molecule has 0 amide bonds. The number of nitriles is 1. The molecule has 2 aromatic heterocycles. The molecule has 0 saturated heterocycles. The van der Waals surface area contributed by atoms with Crippen molar-refractivity contribution in [2.24, 2.45) is 0 Å². The molecule has 0 atom stereocenters. The second-order valence-corrected chi connectivity index (χ2v) is 24.1. The fourth-order valence-electron chi connectivity index (χ4n) is 13.0. The van der Waals surface area contributed by atoms with Gasteiger partial charge in [0.25, 0.3) is 0 Å². The average molecular weight is 1300 g/mol. The Hall–Kier alpha value is -10.5. The standard InChI is InChI=1S/C77H48F15N3/c1-40-18-51(29-56(23-40)73(78,79)80)46-7-13-67(94-68-14-8-47(52-19-41(2)24-57(30-52)74(81,82)83)35-63(68)64-36-48(9-15-69(64)94)53-20-42(3)25-58(31-53)75(84,85)86)62(34-46)61-12-6-45(39-93)28-72(61)95-70-16-10-49(54-21-43(4)26-59(32-54)76(87,88)89)37-65(70)66-38-50(11-17-71(66)95)55-22-44(5)27-60(33-55)77(90,91)92/h6-38H,1-5H3. The van der Waals surface area contributed by atoms with Crippen LogP contribution in [0.2, 0.25) is 0 Å². The van der Waals surface area contributed by atoms with E-state index in [2.05, 4.69) is 6.07 Å². The van der Waals surface area contributed by atoms with E-state index in [4.69, 9.17) is 0 Å². The van der Waals surface area contributed by atoms with Gasteiger partial charge in [0.15, 0.2) is 0 Å². The zero-order chi connectivity index (χ0) is 67.7. The molecule has 0 spiro atoms. The van der Waals surface area contributed by atoms with Crippen molar-refractivity contribution in [3.05, 3.63) is 261 Å². The number of alkyl halides is 15. The first-order chi connectivity index (χ1) is 44.7. The van der Waals surface area contributed by atoms with E-state index < -0.39 is 58.7 Å². The number of halogens is 15. The zero-order valence-corrected chi connectivity index (χ0v) is 50.6. The summed E-state index contributed by atoms with van der Waals surface area (Å²) in [7, 11) is 0. The van der Waals surface area contributed by atoms with Crippen molar-refractivity contribution in [1.29, 1.82) is 5.26 Å². The van der Waals surface area contributed by atoms with Crippen molar-refractivity contribution in [2.45, 2.75) is 65.5 Å². The van der Waals surface area contributed by atoms with E-state index in [1.165, 1.54) is 40.7 Å². The Morgan fingerprint density at radius 3 is 0.789 bits per heavy atom. The molecule has 0 aliphatic carbocycles. The highest BCUT2D eigenvalue weighted by atomic mass is 19.4. The monoisotopic (exact) mass is 1300 g/mol. The number of rotatable bonds is 8. The Morgan fingerprint density at radius 2 is 0.516 bits per heavy atom. The molecule has 0 N–H and O–H groups in total. The summed E-state index contributed by atoms with van der Waals surface area (Å²) in [6.45, 7) is 7.59. The quantitative estimate of drug-likeness (QED) is 0.140. The van der Waals surface area contributed by atoms with Crippen molar-refractivity contribution in [1.82, 2.24) is 9.13 Å². The molecule has 0 saturated carbocycles. The predicted octanol–water partition coefficient (Wildman–Crippen LogP) is 24.4. The molecular formula is C77H48F15N3. The summed E-state index contributed by atoms with van der Waals surface area (Å²) in [5, 5.41) is 12.5. The summed E-state index contributed by atoms with van der Waals surface area (Å²) in [6, 6.07) is 49.7. The number of nitrogens with zero attached hydrogens (tertiary/aromatic N) is 3. The molecule has 0 unspecified atom stereocenters. The van der Waals surface area contributed by atoms with Gasteiger partial charge in [-0.1, -0.05) is 66.7 Å². The molecular weight excluding hydrogens is 1250 g/mol. The van der Waals surface area contributed by atoms with Crippen LogP contribution in [-0.2, 0) is 30.9 Å². The minimum Gasteiger partial charge on any atom is -0.309 e. The fraction of sp³-hybridized carbons (Fsp3) is 0.130. The van der Waals surface area contributed by atoms with Crippen LogP contribution in [-0.4, -0.2) is 9.13 Å². The highest BCUT2D eigenvalue weighted by Gasteiger charge is 2.36. The lowest BCUT2D eigenvalue weighted by molar-refractivity contribution is -0.138. The highest BCUT2D eigenvalue weighted by molar-refractivity contribution is 6.14. The Balaban J connectivity index is 1.13. The van der Waals surface area contributed by atoms with E-state index in [-0.39, 0.29) is 50.2 Å². The predicted molar refractivity (Wildman–Crippen MR) is 341 cm³/mol. The Bertz CT molecular complexity index is 5130. The first kappa shape index (κ1) is 63.2. The summed E-state index contributed by atoms with van der Waals surface area (Å²) in [5.74, 6) is 0. The second-order valence-electron chi connectivity index (χ2n) is 24.1. The van der Waals surface area contributed by atoms with Crippen LogP contribution in [0, 0.1) is 45.9 Å². The fourth-order valence-corrected chi connectivity index (χ4v) is 13.0. The maximum Gasteiger partial charge on any atom is 0.416 e. The van der Waals surface area contributed by atoms with Crippen molar-refractivity contribution >= 4 is 43.6 Å². The van der Waals surface area contributed by atoms with E-state index >= 15 is 0 Å². The number of aryl methyl sites for hydroxylation is 5. The zero-order valence-electron chi connectivity index (χ0n) is 50.6. The Labute approximate surface area is 532 Å². The summed E-state index contributed by atoms with van der Waals surface area (Å²) < 4.78 is 221. The Morgan fingerprint density at radius 1 is 0.253 bits per heavy atom. The molecule has 0 bridgehead atoms. The molecule has 476 valence electrons. The van der Waals surface area contributed by atoms with Gasteiger partial charge >= 0.3 is 30.9 Å². The lowest BCUT2D eigenvalue weighted by Crippen LogP contribution is -2.06. The molecule has 0 aliphatic heterocycles. The van der Waals surface area contributed by atoms with Crippen LogP contribution in [0.25, 0.3) is 122 Å². The number of fused-ring (bicyclic) bond motifs is 6. The van der Waals surface area contributed by atoms with Crippen LogP contribution >= 0.6 is 0 Å². The van der Waals surface area contributed by atoms with E-state index in [1.807, 2.05) is 4.57 Å². The van der Waals surface area contributed by atoms with E-state index in [1.54, 1.807) is 138 Å². The molecule has 3 nitrogen and oxygen atoms in total. The summed E-state index contributed by atoms with van der Waals surface area (Å²) in [5.41, 5.74) is 2.56. The molecule has 0 fully saturated rings. The largest absolute Gasteiger partial charge is 0.416 e. The van der Waals surface area contributed by atoms with Crippen molar-refractivity contribution in [3.8, 4) is 84.2 Å². The maximum atomic E-state index is 14.7. The van der Waals surface area contributed by atoms with Crippen LogP contribution < -0.4 is 0 Å². The van der Waals surface area contributed by atoms with Gasteiger partial charge in [-0.05, 0) is 252 Å². The third-order valence-electron chi connectivity index (χ3n) is 17.1. The van der Waals surface area contributed by atoms with Crippen LogP contribution in [0.5, 0.6) is 0 Å². The van der Waals surface area contributed by atoms with E-state index in [9.17, 15) is 71.1 Å². The van der Waals surface area contributed by atoms with Crippen molar-refractivity contribution < 1.29 is 65.9 Å². The van der Waals surface area contributed by atoms with Gasteiger partial charge in [0.1, 0.15) is 0 Å². The minimum absolute atomic E-state index is 0.115. The lowest BCUT2D eigenvalue weighted by Gasteiger charge is -2.20. The van der Waals surface area contributed by atoms with Crippen molar-refractivity contribution in [3.63, 3.8) is 0 Å². The number of benzene rings is 11. The first-order valence-electron chi connectivity index (χ1n) is 29.5. The van der Waals surface area contributed by atoms with Crippen LogP contribution in [0.4, 0.5) is 65.9 Å². The summed E-state index contributed by atoms with van der Waals surface area (Å²) in [4.78, 5) is 0. The van der Waals surface area contributed by atoms with Gasteiger partial charge in [-0.3, -0.25) is 0 Å². The van der Waals surface area contributed by atoms with Crippen LogP contribution in [0.3, 0.4) is 0 Å². The van der Waals surface area contributed by atoms with E-state index in [0.29, 0.717) is 105 Å². The third kappa shape index (κ3) is 11.9. The minimum atomic E-state index is -4.78. The molecule has 13 aromatic rings. The number of hydrogen-bond acceptors (Lipinski definition) is 1. The van der Waals surface area contributed by atoms with Gasteiger partial charge in [-0.25, -0.2) is 0 Å². The first-order valence-corrected chi connectivity index (χ1v) is 29.5. The molecule has 2 heterocycles. The normalized spacial score (nSPS) is 12.6. The molecule has 11 aromatic carbocycles. The third-order valence-corrected chi connectivity index (χ3v) is 17.1. The summed E-state index contributed by atoms with van der Waals surface area (Å²) >= 11 is 0. The van der Waals surface area contributed by atoms with Crippen molar-refractivity contribution in [2.75, 3.05) is 0 Å². The molecule has 95 heavy (non-hydrogen) atoms. The van der Waals surface area contributed by atoms with Gasteiger partial charge in [0.05, 0.1) is 72.9 Å². The molecule has 18 heteroatoms.